The molecule has 2 atom stereocenters. The van der Waals surface area contributed by atoms with Crippen molar-refractivity contribution in [3.63, 3.8) is 0 Å². The second-order valence-corrected chi connectivity index (χ2v) is 10.9. The summed E-state index contributed by atoms with van der Waals surface area (Å²) < 4.78 is 17.9. The highest BCUT2D eigenvalue weighted by molar-refractivity contribution is 7.95. The molecule has 0 aromatic heterocycles. The Labute approximate surface area is 240 Å². The maximum Gasteiger partial charge on any atom is 0.220 e. The maximum absolute atomic E-state index is 11.7. The lowest BCUT2D eigenvalue weighted by Crippen LogP contribution is -2.36. The minimum atomic E-state index is -0.495. The summed E-state index contributed by atoms with van der Waals surface area (Å²) in [5.74, 6) is 1.50. The molecule has 4 amide bonds. The third-order valence-corrected chi connectivity index (χ3v) is 7.57. The van der Waals surface area contributed by atoms with E-state index >= 15 is 0 Å². The van der Waals surface area contributed by atoms with E-state index in [0.717, 1.165) is 24.3 Å². The maximum atomic E-state index is 11.7. The summed E-state index contributed by atoms with van der Waals surface area (Å²) in [5, 5.41) is 8.45. The number of carbonyl (C=O) groups is 4. The predicted molar refractivity (Wildman–Crippen MR) is 155 cm³/mol. The second-order valence-electron chi connectivity index (χ2n) is 8.41. The number of carbonyl (C=O) groups excluding carboxylic acids is 4. The summed E-state index contributed by atoms with van der Waals surface area (Å²) in [5.41, 5.74) is 5.06. The van der Waals surface area contributed by atoms with Gasteiger partial charge in [0.15, 0.2) is 0 Å². The number of primary amides is 1. The Morgan fingerprint density at radius 3 is 1.45 bits per heavy atom. The van der Waals surface area contributed by atoms with Crippen LogP contribution in [0, 0.1) is 0 Å². The van der Waals surface area contributed by atoms with Crippen LogP contribution in [0.15, 0.2) is 0 Å². The smallest absolute Gasteiger partial charge is 0.220 e. The zero-order valence-corrected chi connectivity index (χ0v) is 25.5. The molecule has 0 rings (SSSR count). The van der Waals surface area contributed by atoms with Crippen LogP contribution < -0.4 is 21.7 Å². The first-order valence-electron chi connectivity index (χ1n) is 13.1. The molecule has 2 unspecified atom stereocenters. The van der Waals surface area contributed by atoms with Gasteiger partial charge in [0.05, 0.1) is 12.2 Å². The van der Waals surface area contributed by atoms with Crippen LogP contribution in [0.25, 0.3) is 0 Å². The molecule has 0 saturated carbocycles. The summed E-state index contributed by atoms with van der Waals surface area (Å²) in [6, 6.07) is 0. The number of hydrogen-bond acceptors (Lipinski definition) is 10. The largest absolute Gasteiger partial charge is 0.370 e. The van der Waals surface area contributed by atoms with Gasteiger partial charge in [0.25, 0.3) is 0 Å². The van der Waals surface area contributed by atoms with Crippen molar-refractivity contribution in [3.05, 3.63) is 0 Å². The van der Waals surface area contributed by atoms with Crippen molar-refractivity contribution in [1.82, 2.24) is 16.0 Å². The minimum Gasteiger partial charge on any atom is -0.370 e. The first-order chi connectivity index (χ1) is 18.2. The van der Waals surface area contributed by atoms with E-state index in [1.165, 1.54) is 36.1 Å². The Morgan fingerprint density at radius 2 is 1.05 bits per heavy atom. The Hall–Kier alpha value is -1.19. The summed E-state index contributed by atoms with van der Waals surface area (Å²) in [6.45, 7) is 9.21. The van der Waals surface area contributed by atoms with Crippen molar-refractivity contribution in [2.45, 2.75) is 91.0 Å². The van der Waals surface area contributed by atoms with Crippen LogP contribution in [-0.4, -0.2) is 78.8 Å². The van der Waals surface area contributed by atoms with Gasteiger partial charge in [-0.05, 0) is 69.2 Å². The third-order valence-electron chi connectivity index (χ3n) is 4.96. The molecule has 0 aromatic rings. The molecule has 38 heavy (non-hydrogen) atoms. The van der Waals surface area contributed by atoms with Gasteiger partial charge in [-0.25, -0.2) is 0 Å². The van der Waals surface area contributed by atoms with Crippen molar-refractivity contribution in [2.24, 2.45) is 5.73 Å². The molecular weight excluding hydrogens is 552 g/mol. The Kier molecular flexibility index (Phi) is 24.0. The number of rotatable bonds is 25. The van der Waals surface area contributed by atoms with Crippen LogP contribution in [0.1, 0.15) is 72.6 Å². The van der Waals surface area contributed by atoms with Crippen LogP contribution in [0.2, 0.25) is 0 Å². The minimum absolute atomic E-state index is 0.0382. The molecular formula is C24H46N4O7S3. The van der Waals surface area contributed by atoms with Crippen molar-refractivity contribution >= 4 is 59.8 Å². The standard InChI is InChI=1S/C24H46N4O7S3/c1-5-21(30)26-12-7-15-36-33-18(3)24(19(4)34-37-16-8-13-27-22(31)6-2)35-38-17-9-14-28-23(32)11-10-20(25)29/h18-19,24H,5-17H2,1-4H3,(H2,25,29)(H,26,30)(H,27,31)(H,28,32). The van der Waals surface area contributed by atoms with Gasteiger partial charge in [0, 0.05) is 62.6 Å². The van der Waals surface area contributed by atoms with Crippen LogP contribution in [0.3, 0.4) is 0 Å². The lowest BCUT2D eigenvalue weighted by molar-refractivity contribution is -0.125. The first-order valence-corrected chi connectivity index (χ1v) is 15.9. The highest BCUT2D eigenvalue weighted by Gasteiger charge is 2.28. The third kappa shape index (κ3) is 21.7. The molecule has 0 aliphatic rings. The van der Waals surface area contributed by atoms with Crippen LogP contribution in [0.5, 0.6) is 0 Å². The molecule has 0 heterocycles. The summed E-state index contributed by atoms with van der Waals surface area (Å²) in [4.78, 5) is 45.1. The topological polar surface area (TPSA) is 158 Å². The van der Waals surface area contributed by atoms with Crippen molar-refractivity contribution in [2.75, 3.05) is 36.9 Å². The van der Waals surface area contributed by atoms with Crippen molar-refractivity contribution in [3.8, 4) is 0 Å². The van der Waals surface area contributed by atoms with Gasteiger partial charge < -0.3 is 34.2 Å². The fourth-order valence-electron chi connectivity index (χ4n) is 2.74. The molecule has 14 heteroatoms. The van der Waals surface area contributed by atoms with Gasteiger partial charge >= 0.3 is 0 Å². The van der Waals surface area contributed by atoms with Gasteiger partial charge in [-0.2, -0.15) is 0 Å². The van der Waals surface area contributed by atoms with E-state index in [1.807, 2.05) is 27.7 Å². The summed E-state index contributed by atoms with van der Waals surface area (Å²) in [6.07, 6.45) is 2.51. The van der Waals surface area contributed by atoms with E-state index in [2.05, 4.69) is 16.0 Å². The molecule has 11 nitrogen and oxygen atoms in total. The monoisotopic (exact) mass is 598 g/mol. The molecule has 0 aliphatic carbocycles. The zero-order valence-electron chi connectivity index (χ0n) is 23.1. The van der Waals surface area contributed by atoms with Gasteiger partial charge in [-0.1, -0.05) is 13.8 Å². The lowest BCUT2D eigenvalue weighted by Gasteiger charge is -2.27. The second kappa shape index (κ2) is 24.8. The number of hydrogen-bond donors (Lipinski definition) is 4. The highest BCUT2D eigenvalue weighted by atomic mass is 32.2. The van der Waals surface area contributed by atoms with Crippen LogP contribution >= 0.6 is 36.1 Å². The van der Waals surface area contributed by atoms with E-state index in [1.54, 1.807) is 0 Å². The van der Waals surface area contributed by atoms with E-state index in [0.29, 0.717) is 44.6 Å². The highest BCUT2D eigenvalue weighted by Crippen LogP contribution is 2.24. The zero-order chi connectivity index (χ0) is 28.6. The fourth-order valence-corrected chi connectivity index (χ4v) is 4.93. The van der Waals surface area contributed by atoms with Crippen LogP contribution in [-0.2, 0) is 31.7 Å². The number of nitrogens with two attached hydrogens (primary N) is 1. The normalized spacial score (nSPS) is 13.4. The molecule has 0 aliphatic heterocycles. The fraction of sp³-hybridized carbons (Fsp3) is 0.833. The van der Waals surface area contributed by atoms with E-state index in [9.17, 15) is 19.2 Å². The van der Waals surface area contributed by atoms with Gasteiger partial charge in [0.1, 0.15) is 6.10 Å². The molecule has 0 saturated heterocycles. The van der Waals surface area contributed by atoms with Crippen molar-refractivity contribution < 1.29 is 31.7 Å². The van der Waals surface area contributed by atoms with Gasteiger partial charge in [-0.3, -0.25) is 19.2 Å². The lowest BCUT2D eigenvalue weighted by atomic mass is 10.1. The summed E-state index contributed by atoms with van der Waals surface area (Å²) >= 11 is 3.97. The average Bonchev–Trinajstić information content (AvgIpc) is 2.90. The SMILES string of the molecule is CCC(=O)NCCCSOC(C)C(OSCCCNC(=O)CCC(N)=O)C(C)OSCCCNC(=O)CC. The van der Waals surface area contributed by atoms with E-state index < -0.39 is 5.91 Å². The number of nitrogens with one attached hydrogen (secondary N) is 3. The predicted octanol–water partition coefficient (Wildman–Crippen LogP) is 2.73. The Bertz CT molecular complexity index is 643. The average molecular weight is 599 g/mol. The number of amides is 4. The van der Waals surface area contributed by atoms with Gasteiger partial charge in [-0.15, -0.1) is 0 Å². The summed E-state index contributed by atoms with van der Waals surface area (Å²) in [7, 11) is 0. The van der Waals surface area contributed by atoms with Crippen molar-refractivity contribution in [1.29, 1.82) is 0 Å². The molecule has 5 N–H and O–H groups in total. The van der Waals surface area contributed by atoms with E-state index in [-0.39, 0.29) is 48.9 Å². The Balaban J connectivity index is 4.44. The molecule has 0 aromatic carbocycles. The molecule has 0 spiro atoms. The molecule has 222 valence electrons. The molecule has 0 fully saturated rings. The van der Waals surface area contributed by atoms with Gasteiger partial charge in [0.2, 0.25) is 23.6 Å². The quantitative estimate of drug-likeness (QED) is 0.0909. The molecule has 0 bridgehead atoms. The first kappa shape index (κ1) is 36.8. The van der Waals surface area contributed by atoms with E-state index in [4.69, 9.17) is 18.3 Å². The van der Waals surface area contributed by atoms with Crippen LogP contribution in [0.4, 0.5) is 0 Å². The Morgan fingerprint density at radius 1 is 0.658 bits per heavy atom. The molecule has 0 radical (unpaired) electrons.